The van der Waals surface area contributed by atoms with E-state index in [1.165, 1.54) is 10.9 Å². The Labute approximate surface area is 190 Å². The van der Waals surface area contributed by atoms with Gasteiger partial charge in [0.1, 0.15) is 17.1 Å². The third kappa shape index (κ3) is 3.32. The molecule has 4 aromatic heterocycles. The van der Waals surface area contributed by atoms with Crippen LogP contribution in [0.5, 0.6) is 0 Å². The van der Waals surface area contributed by atoms with Gasteiger partial charge in [0, 0.05) is 17.7 Å². The van der Waals surface area contributed by atoms with E-state index in [0.29, 0.717) is 46.5 Å². The third-order valence-electron chi connectivity index (χ3n) is 5.71. The average molecular weight is 455 g/mol. The maximum absolute atomic E-state index is 13.0. The highest BCUT2D eigenvalue weighted by Gasteiger charge is 2.22. The van der Waals surface area contributed by atoms with Gasteiger partial charge in [-0.25, -0.2) is 4.98 Å². The molecule has 168 valence electrons. The van der Waals surface area contributed by atoms with E-state index >= 15 is 0 Å². The first-order valence-corrected chi connectivity index (χ1v) is 10.7. The van der Waals surface area contributed by atoms with Crippen LogP contribution in [0.2, 0.25) is 0 Å². The number of carbonyl (C=O) groups is 1. The first kappa shape index (κ1) is 19.9. The summed E-state index contributed by atoms with van der Waals surface area (Å²) in [4.78, 5) is 45.4. The standard InChI is InChI=1S/C24H17N5O5/c30-17-12-20(34-18-8-2-1-5-14(17)18)23(32)26-21-11-16(19-9-4-10-33-19)28-29(21)24-25-15-7-3-6-13(15)22(31)27-24/h1-2,4-5,8-12H,3,6-7H2,(H,26,32)(H,25,27,31). The highest BCUT2D eigenvalue weighted by molar-refractivity contribution is 6.02. The number of nitrogens with one attached hydrogen (secondary N) is 2. The van der Waals surface area contributed by atoms with E-state index in [1.807, 2.05) is 0 Å². The first-order valence-electron chi connectivity index (χ1n) is 10.7. The maximum Gasteiger partial charge on any atom is 0.292 e. The highest BCUT2D eigenvalue weighted by Crippen LogP contribution is 2.25. The summed E-state index contributed by atoms with van der Waals surface area (Å²) in [5, 5.41) is 7.58. The summed E-state index contributed by atoms with van der Waals surface area (Å²) in [7, 11) is 0. The second-order valence-corrected chi connectivity index (χ2v) is 7.90. The van der Waals surface area contributed by atoms with Gasteiger partial charge in [-0.2, -0.15) is 9.78 Å². The van der Waals surface area contributed by atoms with Gasteiger partial charge in [-0.15, -0.1) is 0 Å². The van der Waals surface area contributed by atoms with E-state index < -0.39 is 5.91 Å². The van der Waals surface area contributed by atoms with Crippen LogP contribution in [-0.4, -0.2) is 25.7 Å². The number of nitrogens with zero attached hydrogens (tertiary/aromatic N) is 3. The predicted octanol–water partition coefficient (Wildman–Crippen LogP) is 3.06. The van der Waals surface area contributed by atoms with Gasteiger partial charge >= 0.3 is 0 Å². The summed E-state index contributed by atoms with van der Waals surface area (Å²) < 4.78 is 12.4. The van der Waals surface area contributed by atoms with Crippen molar-refractivity contribution in [3.8, 4) is 17.4 Å². The molecular weight excluding hydrogens is 438 g/mol. The molecule has 0 saturated heterocycles. The largest absolute Gasteiger partial charge is 0.463 e. The Hall–Kier alpha value is -4.73. The van der Waals surface area contributed by atoms with Crippen LogP contribution in [0, 0.1) is 0 Å². The number of furan rings is 1. The molecule has 0 saturated carbocycles. The Balaban J connectivity index is 1.44. The Bertz CT molecular complexity index is 1680. The smallest absolute Gasteiger partial charge is 0.292 e. The number of hydrogen-bond donors (Lipinski definition) is 2. The van der Waals surface area contributed by atoms with Crippen molar-refractivity contribution in [2.75, 3.05) is 5.32 Å². The number of rotatable bonds is 4. The number of H-pyrrole nitrogens is 1. The minimum Gasteiger partial charge on any atom is -0.463 e. The predicted molar refractivity (Wildman–Crippen MR) is 122 cm³/mol. The van der Waals surface area contributed by atoms with Gasteiger partial charge in [-0.3, -0.25) is 19.4 Å². The van der Waals surface area contributed by atoms with E-state index in [0.717, 1.165) is 12.5 Å². The Morgan fingerprint density at radius 2 is 1.97 bits per heavy atom. The molecule has 34 heavy (non-hydrogen) atoms. The molecule has 5 aromatic rings. The van der Waals surface area contributed by atoms with Gasteiger partial charge in [-0.05, 0) is 43.5 Å². The molecule has 10 heteroatoms. The monoisotopic (exact) mass is 455 g/mol. The van der Waals surface area contributed by atoms with Crippen molar-refractivity contribution in [1.82, 2.24) is 19.7 Å². The number of hydrogen-bond acceptors (Lipinski definition) is 7. The molecule has 2 N–H and O–H groups in total. The normalized spacial score (nSPS) is 12.7. The fourth-order valence-electron chi connectivity index (χ4n) is 4.10. The second-order valence-electron chi connectivity index (χ2n) is 7.90. The number of amides is 1. The number of aromatic nitrogens is 4. The molecule has 0 aliphatic heterocycles. The van der Waals surface area contributed by atoms with Crippen LogP contribution in [0.4, 0.5) is 5.82 Å². The summed E-state index contributed by atoms with van der Waals surface area (Å²) in [6, 6.07) is 12.8. The number of para-hydroxylation sites is 1. The van der Waals surface area contributed by atoms with Gasteiger partial charge in [-0.1, -0.05) is 12.1 Å². The highest BCUT2D eigenvalue weighted by atomic mass is 16.3. The van der Waals surface area contributed by atoms with Crippen molar-refractivity contribution >= 4 is 22.7 Å². The molecule has 1 aliphatic carbocycles. The zero-order valence-corrected chi connectivity index (χ0v) is 17.7. The summed E-state index contributed by atoms with van der Waals surface area (Å²) in [5.74, 6) is 0.0342. The van der Waals surface area contributed by atoms with Crippen LogP contribution in [-0.2, 0) is 12.8 Å². The van der Waals surface area contributed by atoms with Crippen LogP contribution in [0.15, 0.2) is 73.2 Å². The van der Waals surface area contributed by atoms with Gasteiger partial charge < -0.3 is 14.2 Å². The molecule has 1 aliphatic rings. The maximum atomic E-state index is 13.0. The minimum absolute atomic E-state index is 0.161. The fourth-order valence-corrected chi connectivity index (χ4v) is 4.10. The lowest BCUT2D eigenvalue weighted by Crippen LogP contribution is -2.21. The Kier molecular flexibility index (Phi) is 4.51. The van der Waals surface area contributed by atoms with E-state index in [2.05, 4.69) is 20.4 Å². The number of fused-ring (bicyclic) bond motifs is 2. The molecule has 0 fully saturated rings. The van der Waals surface area contributed by atoms with E-state index in [1.54, 1.807) is 42.5 Å². The summed E-state index contributed by atoms with van der Waals surface area (Å²) in [6.45, 7) is 0. The SMILES string of the molecule is O=C(Nc1cc(-c2ccco2)nn1-c1nc2c(c(=O)[nH]1)CCC2)c1cc(=O)c2ccccc2o1. The van der Waals surface area contributed by atoms with Crippen molar-refractivity contribution in [3.05, 3.63) is 92.4 Å². The van der Waals surface area contributed by atoms with Crippen molar-refractivity contribution in [2.45, 2.75) is 19.3 Å². The topological polar surface area (TPSA) is 136 Å². The van der Waals surface area contributed by atoms with Gasteiger partial charge in [0.2, 0.25) is 5.95 Å². The Morgan fingerprint density at radius 3 is 2.82 bits per heavy atom. The molecule has 0 unspecified atom stereocenters. The molecule has 0 spiro atoms. The zero-order chi connectivity index (χ0) is 23.2. The zero-order valence-electron chi connectivity index (χ0n) is 17.7. The van der Waals surface area contributed by atoms with Crippen LogP contribution in [0.3, 0.4) is 0 Å². The lowest BCUT2D eigenvalue weighted by Gasteiger charge is -2.09. The molecule has 4 heterocycles. The lowest BCUT2D eigenvalue weighted by molar-refractivity contribution is 0.0996. The van der Waals surface area contributed by atoms with Gasteiger partial charge in [0.15, 0.2) is 16.9 Å². The van der Waals surface area contributed by atoms with Crippen molar-refractivity contribution in [3.63, 3.8) is 0 Å². The van der Waals surface area contributed by atoms with Crippen LogP contribution in [0.25, 0.3) is 28.4 Å². The van der Waals surface area contributed by atoms with Crippen LogP contribution >= 0.6 is 0 Å². The molecule has 0 bridgehead atoms. The molecule has 1 aromatic carbocycles. The van der Waals surface area contributed by atoms with Crippen molar-refractivity contribution < 1.29 is 13.6 Å². The number of aromatic amines is 1. The van der Waals surface area contributed by atoms with Crippen LogP contribution < -0.4 is 16.3 Å². The molecule has 0 radical (unpaired) electrons. The number of anilines is 1. The Morgan fingerprint density at radius 1 is 1.09 bits per heavy atom. The van der Waals surface area contributed by atoms with E-state index in [9.17, 15) is 14.4 Å². The van der Waals surface area contributed by atoms with E-state index in [4.69, 9.17) is 8.83 Å². The van der Waals surface area contributed by atoms with Crippen molar-refractivity contribution in [2.24, 2.45) is 0 Å². The number of carbonyl (C=O) groups excluding carboxylic acids is 1. The number of benzene rings is 1. The van der Waals surface area contributed by atoms with Crippen LogP contribution in [0.1, 0.15) is 28.2 Å². The first-order chi connectivity index (χ1) is 16.6. The second kappa shape index (κ2) is 7.69. The molecule has 10 nitrogen and oxygen atoms in total. The van der Waals surface area contributed by atoms with Crippen molar-refractivity contribution in [1.29, 1.82) is 0 Å². The van der Waals surface area contributed by atoms with Gasteiger partial charge in [0.25, 0.3) is 11.5 Å². The van der Waals surface area contributed by atoms with E-state index in [-0.39, 0.29) is 28.5 Å². The average Bonchev–Trinajstić information content (AvgIpc) is 3.59. The minimum atomic E-state index is -0.654. The summed E-state index contributed by atoms with van der Waals surface area (Å²) in [6.07, 6.45) is 3.74. The molecule has 1 amide bonds. The molecule has 6 rings (SSSR count). The lowest BCUT2D eigenvalue weighted by atomic mass is 10.2. The molecule has 0 atom stereocenters. The quantitative estimate of drug-likeness (QED) is 0.425. The fraction of sp³-hybridized carbons (Fsp3) is 0.125. The van der Waals surface area contributed by atoms with Gasteiger partial charge in [0.05, 0.1) is 17.3 Å². The summed E-state index contributed by atoms with van der Waals surface area (Å²) in [5.41, 5.74) is 1.54. The summed E-state index contributed by atoms with van der Waals surface area (Å²) >= 11 is 0. The molecular formula is C24H17N5O5. The third-order valence-corrected chi connectivity index (χ3v) is 5.71. The number of aryl methyl sites for hydroxylation is 1.